The van der Waals surface area contributed by atoms with E-state index in [4.69, 9.17) is 31.2 Å². The number of carboxylic acid groups (broad SMARTS) is 1. The van der Waals surface area contributed by atoms with Crippen LogP contribution < -0.4 is 9.64 Å². The number of imidazole rings is 1. The molecule has 2 fully saturated rings. The van der Waals surface area contributed by atoms with Crippen molar-refractivity contribution in [1.82, 2.24) is 14.9 Å². The van der Waals surface area contributed by atoms with Gasteiger partial charge in [-0.15, -0.1) is 0 Å². The zero-order valence-corrected chi connectivity index (χ0v) is 19.2. The van der Waals surface area contributed by atoms with Crippen LogP contribution in [0.2, 0.25) is 5.02 Å². The van der Waals surface area contributed by atoms with Gasteiger partial charge in [-0.2, -0.15) is 0 Å². The zero-order chi connectivity index (χ0) is 23.4. The molecular weight excluding hydrogens is 444 g/mol. The second kappa shape index (κ2) is 10.1. The fourth-order valence-electron chi connectivity index (χ4n) is 4.53. The lowest BCUT2D eigenvalue weighted by Crippen LogP contribution is -2.35. The highest BCUT2D eigenvalue weighted by molar-refractivity contribution is 6.33. The van der Waals surface area contributed by atoms with Gasteiger partial charge in [0.05, 0.1) is 29.1 Å². The van der Waals surface area contributed by atoms with E-state index in [1.807, 2.05) is 35.2 Å². The minimum Gasteiger partial charge on any atom is -0.497 e. The van der Waals surface area contributed by atoms with Crippen LogP contribution in [0.1, 0.15) is 19.3 Å². The van der Waals surface area contributed by atoms with Crippen molar-refractivity contribution in [2.45, 2.75) is 19.3 Å². The summed E-state index contributed by atoms with van der Waals surface area (Å²) in [6.45, 7) is 3.21. The molecule has 0 aliphatic carbocycles. The molecule has 0 radical (unpaired) electrons. The van der Waals surface area contributed by atoms with Crippen molar-refractivity contribution in [3.8, 4) is 17.1 Å². The Morgan fingerprint density at radius 1 is 1.21 bits per heavy atom. The Labute approximate surface area is 197 Å². The molecule has 8 nitrogen and oxygen atoms in total. The number of ether oxygens (including phenoxy) is 1. The fraction of sp³-hybridized carbons (Fsp3) is 0.375. The predicted molar refractivity (Wildman–Crippen MR) is 128 cm³/mol. The number of benzene rings is 2. The lowest BCUT2D eigenvalue weighted by molar-refractivity contribution is -0.133. The van der Waals surface area contributed by atoms with Gasteiger partial charge in [-0.1, -0.05) is 11.6 Å². The highest BCUT2D eigenvalue weighted by Gasteiger charge is 2.32. The van der Waals surface area contributed by atoms with Crippen LogP contribution in [0, 0.1) is 5.92 Å². The molecule has 2 aliphatic rings. The number of likely N-dealkylation sites (tertiary alicyclic amines) is 1. The molecule has 1 atom stereocenters. The first-order valence-corrected chi connectivity index (χ1v) is 11.4. The Balaban J connectivity index is 0.000000821. The van der Waals surface area contributed by atoms with Crippen molar-refractivity contribution in [1.29, 1.82) is 0 Å². The van der Waals surface area contributed by atoms with Crippen molar-refractivity contribution >= 4 is 40.7 Å². The number of H-pyrrole nitrogens is 1. The molecule has 2 N–H and O–H groups in total. The second-order valence-corrected chi connectivity index (χ2v) is 8.61. The van der Waals surface area contributed by atoms with E-state index in [-0.39, 0.29) is 12.4 Å². The summed E-state index contributed by atoms with van der Waals surface area (Å²) in [7, 11) is 1.65. The summed E-state index contributed by atoms with van der Waals surface area (Å²) in [6, 6.07) is 11.8. The van der Waals surface area contributed by atoms with E-state index < -0.39 is 0 Å². The number of carbonyl (C=O) groups is 2. The van der Waals surface area contributed by atoms with Crippen LogP contribution in [0.25, 0.3) is 22.4 Å². The van der Waals surface area contributed by atoms with Crippen molar-refractivity contribution in [2.24, 2.45) is 5.92 Å². The van der Waals surface area contributed by atoms with E-state index in [0.717, 1.165) is 79.3 Å². The van der Waals surface area contributed by atoms with Crippen molar-refractivity contribution in [2.75, 3.05) is 38.2 Å². The van der Waals surface area contributed by atoms with Gasteiger partial charge in [0.2, 0.25) is 5.91 Å². The molecule has 9 heteroatoms. The number of nitrogens with one attached hydrogen (secondary N) is 1. The van der Waals surface area contributed by atoms with E-state index in [1.165, 1.54) is 0 Å². The summed E-state index contributed by atoms with van der Waals surface area (Å²) < 4.78 is 5.30. The molecule has 1 aromatic heterocycles. The lowest BCUT2D eigenvalue weighted by Gasteiger charge is -2.22. The van der Waals surface area contributed by atoms with Gasteiger partial charge in [-0.3, -0.25) is 9.59 Å². The third-order valence-corrected chi connectivity index (χ3v) is 6.54. The Kier molecular flexibility index (Phi) is 7.03. The highest BCUT2D eigenvalue weighted by atomic mass is 35.5. The number of hydrogen-bond donors (Lipinski definition) is 2. The second-order valence-electron chi connectivity index (χ2n) is 8.20. The number of aromatic nitrogens is 2. The third-order valence-electron chi connectivity index (χ3n) is 6.21. The summed E-state index contributed by atoms with van der Waals surface area (Å²) in [5.41, 5.74) is 3.70. The van der Waals surface area contributed by atoms with Gasteiger partial charge in [0.15, 0.2) is 0 Å². The van der Waals surface area contributed by atoms with Gasteiger partial charge < -0.3 is 24.6 Å². The molecule has 2 aromatic carbocycles. The molecule has 33 heavy (non-hydrogen) atoms. The molecule has 2 aliphatic heterocycles. The summed E-state index contributed by atoms with van der Waals surface area (Å²) >= 11 is 6.52. The Bertz CT molecular complexity index is 1140. The number of halogens is 1. The number of hydrogen-bond acceptors (Lipinski definition) is 5. The van der Waals surface area contributed by atoms with Gasteiger partial charge >= 0.3 is 0 Å². The topological polar surface area (TPSA) is 98.8 Å². The van der Waals surface area contributed by atoms with Gasteiger partial charge in [-0.25, -0.2) is 4.98 Å². The van der Waals surface area contributed by atoms with Crippen LogP contribution >= 0.6 is 11.6 Å². The largest absolute Gasteiger partial charge is 0.497 e. The monoisotopic (exact) mass is 470 g/mol. The first-order valence-electron chi connectivity index (χ1n) is 11.0. The lowest BCUT2D eigenvalue weighted by atomic mass is 10.1. The van der Waals surface area contributed by atoms with Crippen molar-refractivity contribution in [3.63, 3.8) is 0 Å². The number of anilines is 1. The average Bonchev–Trinajstić information content (AvgIpc) is 3.59. The summed E-state index contributed by atoms with van der Waals surface area (Å²) in [4.78, 5) is 33.5. The van der Waals surface area contributed by atoms with Gasteiger partial charge in [0, 0.05) is 43.5 Å². The van der Waals surface area contributed by atoms with Crippen molar-refractivity contribution < 1.29 is 19.4 Å². The Morgan fingerprint density at radius 2 is 1.97 bits per heavy atom. The van der Waals surface area contributed by atoms with Gasteiger partial charge in [-0.05, 0) is 49.6 Å². The molecule has 1 amide bonds. The molecule has 0 saturated carbocycles. The van der Waals surface area contributed by atoms with E-state index in [9.17, 15) is 4.79 Å². The summed E-state index contributed by atoms with van der Waals surface area (Å²) in [5, 5.41) is 7.54. The molecule has 2 saturated heterocycles. The number of carbonyl (C=O) groups excluding carboxylic acids is 1. The van der Waals surface area contributed by atoms with Crippen LogP contribution in [0.15, 0.2) is 36.4 Å². The first-order chi connectivity index (χ1) is 16.0. The number of aromatic amines is 1. The maximum Gasteiger partial charge on any atom is 0.290 e. The molecule has 3 aromatic rings. The molecule has 5 rings (SSSR count). The van der Waals surface area contributed by atoms with Crippen LogP contribution in [0.5, 0.6) is 5.75 Å². The van der Waals surface area contributed by atoms with E-state index in [0.29, 0.717) is 10.9 Å². The molecule has 0 bridgehead atoms. The molecule has 1 unspecified atom stereocenters. The fourth-order valence-corrected chi connectivity index (χ4v) is 4.73. The predicted octanol–water partition coefficient (Wildman–Crippen LogP) is 4.04. The van der Waals surface area contributed by atoms with Crippen LogP contribution in [0.3, 0.4) is 0 Å². The minimum absolute atomic E-state index is 0.0842. The number of rotatable bonds is 4. The SMILES string of the molecule is COc1ccc2nc(-c3cc(N4CCC(C(=O)N5CCCC5)C4)ccc3Cl)[nH]c2c1.O=CO. The van der Waals surface area contributed by atoms with E-state index >= 15 is 0 Å². The zero-order valence-electron chi connectivity index (χ0n) is 18.5. The van der Waals surface area contributed by atoms with E-state index in [1.54, 1.807) is 7.11 Å². The van der Waals surface area contributed by atoms with Crippen molar-refractivity contribution in [3.05, 3.63) is 41.4 Å². The Hall–Kier alpha value is -3.26. The van der Waals surface area contributed by atoms with Crippen LogP contribution in [-0.2, 0) is 9.59 Å². The molecule has 0 spiro atoms. The molecule has 3 heterocycles. The van der Waals surface area contributed by atoms with E-state index in [2.05, 4.69) is 16.0 Å². The highest BCUT2D eigenvalue weighted by Crippen LogP contribution is 2.34. The Morgan fingerprint density at radius 3 is 2.70 bits per heavy atom. The quantitative estimate of drug-likeness (QED) is 0.558. The standard InChI is InChI=1S/C23H25ClN4O2.CH2O2/c1-30-17-5-7-20-21(13-17)26-22(25-20)18-12-16(4-6-19(18)24)28-11-8-15(14-28)23(29)27-9-2-3-10-27;2-1-3/h4-7,12-13,15H,2-3,8-11,14H2,1H3,(H,25,26);1H,(H,2,3). The number of fused-ring (bicyclic) bond motifs is 1. The number of nitrogens with zero attached hydrogens (tertiary/aromatic N) is 3. The first kappa shape index (κ1) is 22.9. The normalized spacial score (nSPS) is 17.7. The van der Waals surface area contributed by atoms with Gasteiger partial charge in [0.1, 0.15) is 11.6 Å². The van der Waals surface area contributed by atoms with Crippen LogP contribution in [-0.4, -0.2) is 65.6 Å². The maximum atomic E-state index is 12.8. The number of amides is 1. The summed E-state index contributed by atoms with van der Waals surface area (Å²) in [5.74, 6) is 1.91. The maximum absolute atomic E-state index is 12.8. The van der Waals surface area contributed by atoms with Crippen LogP contribution in [0.4, 0.5) is 5.69 Å². The smallest absolute Gasteiger partial charge is 0.290 e. The minimum atomic E-state index is -0.250. The molecular formula is C24H27ClN4O4. The number of methoxy groups -OCH3 is 1. The summed E-state index contributed by atoms with van der Waals surface area (Å²) in [6.07, 6.45) is 3.16. The van der Waals surface area contributed by atoms with Gasteiger partial charge in [0.25, 0.3) is 6.47 Å². The average molecular weight is 471 g/mol. The third kappa shape index (κ3) is 4.90. The molecule has 174 valence electrons.